The third kappa shape index (κ3) is 3.25. The van der Waals surface area contributed by atoms with Crippen molar-refractivity contribution in [3.05, 3.63) is 33.9 Å². The van der Waals surface area contributed by atoms with E-state index in [0.717, 1.165) is 12.1 Å². The monoisotopic (exact) mass is 232 g/mol. The number of hydrogen-bond acceptors (Lipinski definition) is 5. The van der Waals surface area contributed by atoms with Gasteiger partial charge in [0.2, 0.25) is 0 Å². The van der Waals surface area contributed by atoms with Gasteiger partial charge in [-0.05, 0) is 17.7 Å². The molecule has 0 bridgehead atoms. The molecule has 0 saturated heterocycles. The van der Waals surface area contributed by atoms with Gasteiger partial charge in [0, 0.05) is 10.6 Å². The lowest BCUT2D eigenvalue weighted by molar-refractivity contribution is -0.385. The van der Waals surface area contributed by atoms with E-state index < -0.39 is 24.6 Å². The lowest BCUT2D eigenvalue weighted by Gasteiger charge is -1.98. The maximum Gasteiger partial charge on any atom is 0.695 e. The van der Waals surface area contributed by atoms with Gasteiger partial charge in [0.05, 0.1) is 4.92 Å². The summed E-state index contributed by atoms with van der Waals surface area (Å²) in [5.41, 5.74) is -0.0531. The number of phenolic OH excluding ortho intramolecular Hbond substituents is 1. The summed E-state index contributed by atoms with van der Waals surface area (Å²) < 4.78 is 14.6. The van der Waals surface area contributed by atoms with Gasteiger partial charge >= 0.3 is 13.9 Å². The van der Waals surface area contributed by atoms with Crippen LogP contribution in [0.5, 0.6) is 5.75 Å². The summed E-state index contributed by atoms with van der Waals surface area (Å²) in [5.74, 6) is -0.505. The van der Waals surface area contributed by atoms with Crippen LogP contribution in [0.3, 0.4) is 0 Å². The molecule has 0 aliphatic carbocycles. The average molecular weight is 232 g/mol. The quantitative estimate of drug-likeness (QED) is 0.462. The topological polar surface area (TPSA) is 110 Å². The van der Waals surface area contributed by atoms with Gasteiger partial charge in [-0.15, -0.1) is 9.42 Å². The number of rotatable bonds is 4. The molecule has 0 amide bonds. The molecule has 0 saturated carbocycles. The summed E-state index contributed by atoms with van der Waals surface area (Å²) in [6.07, 6.45) is 0. The minimum absolute atomic E-state index is 0.197. The zero-order valence-corrected chi connectivity index (χ0v) is 8.26. The fourth-order valence-electron chi connectivity index (χ4n) is 0.943. The predicted octanol–water partition coefficient (Wildman–Crippen LogP) is 1.47. The summed E-state index contributed by atoms with van der Waals surface area (Å²) in [6.45, 7) is -0.197. The number of aromatic hydroxyl groups is 1. The van der Waals surface area contributed by atoms with Crippen LogP contribution in [0.2, 0.25) is 0 Å². The van der Waals surface area contributed by atoms with Crippen molar-refractivity contribution in [1.29, 1.82) is 0 Å². The highest BCUT2D eigenvalue weighted by Crippen LogP contribution is 2.27. The SMILES string of the molecule is O=[N+]([O-])c1ccc(CO[P+](=O)O)cc1O. The smallest absolute Gasteiger partial charge is 0.502 e. The van der Waals surface area contributed by atoms with Gasteiger partial charge in [0.1, 0.15) is 6.61 Å². The van der Waals surface area contributed by atoms with Gasteiger partial charge in [-0.25, -0.2) is 0 Å². The molecule has 0 aliphatic rings. The van der Waals surface area contributed by atoms with Crippen LogP contribution >= 0.6 is 8.25 Å². The highest BCUT2D eigenvalue weighted by Gasteiger charge is 2.16. The first-order valence-corrected chi connectivity index (χ1v) is 4.89. The Kier molecular flexibility index (Phi) is 3.68. The van der Waals surface area contributed by atoms with E-state index in [-0.39, 0.29) is 6.61 Å². The molecular formula is C7H7NO6P+. The van der Waals surface area contributed by atoms with E-state index in [1.807, 2.05) is 0 Å². The highest BCUT2D eigenvalue weighted by molar-refractivity contribution is 7.32. The normalized spacial score (nSPS) is 11.1. The summed E-state index contributed by atoms with van der Waals surface area (Å²) in [4.78, 5) is 17.9. The summed E-state index contributed by atoms with van der Waals surface area (Å²) in [5, 5.41) is 19.5. The van der Waals surface area contributed by atoms with Crippen LogP contribution in [-0.2, 0) is 15.7 Å². The van der Waals surface area contributed by atoms with Crippen LogP contribution < -0.4 is 0 Å². The van der Waals surface area contributed by atoms with Crippen LogP contribution in [-0.4, -0.2) is 14.9 Å². The standard InChI is InChI=1S/C7H6NO6P/c9-7-3-5(4-14-15(12)13)1-2-6(7)8(10)11/h1-3H,4H2,(H-,9,12,13)/p+1. The lowest BCUT2D eigenvalue weighted by atomic mass is 10.2. The Balaban J connectivity index is 2.82. The molecule has 0 fully saturated rings. The molecule has 0 radical (unpaired) electrons. The zero-order valence-electron chi connectivity index (χ0n) is 7.36. The predicted molar refractivity (Wildman–Crippen MR) is 49.4 cm³/mol. The Morgan fingerprint density at radius 3 is 2.67 bits per heavy atom. The second-order valence-corrected chi connectivity index (χ2v) is 3.33. The fourth-order valence-corrected chi connectivity index (χ4v) is 1.20. The number of benzene rings is 1. The summed E-state index contributed by atoms with van der Waals surface area (Å²) >= 11 is 0. The van der Waals surface area contributed by atoms with E-state index in [4.69, 9.17) is 4.89 Å². The van der Waals surface area contributed by atoms with E-state index >= 15 is 0 Å². The molecule has 1 unspecified atom stereocenters. The Bertz CT molecular complexity index is 406. The minimum atomic E-state index is -2.72. The van der Waals surface area contributed by atoms with Crippen LogP contribution in [0.4, 0.5) is 5.69 Å². The average Bonchev–Trinajstić information content (AvgIpc) is 2.14. The molecule has 1 aromatic carbocycles. The number of hydrogen-bond donors (Lipinski definition) is 2. The third-order valence-corrected chi connectivity index (χ3v) is 1.93. The molecule has 0 heterocycles. The number of nitrogens with zero attached hydrogens (tertiary/aromatic N) is 1. The molecular weight excluding hydrogens is 225 g/mol. The minimum Gasteiger partial charge on any atom is -0.502 e. The van der Waals surface area contributed by atoms with Gasteiger partial charge in [-0.2, -0.15) is 0 Å². The highest BCUT2D eigenvalue weighted by atomic mass is 31.1. The second-order valence-electron chi connectivity index (χ2n) is 2.59. The first kappa shape index (κ1) is 11.5. The Hall–Kier alpha value is -1.56. The van der Waals surface area contributed by atoms with Crippen LogP contribution in [0.1, 0.15) is 5.56 Å². The van der Waals surface area contributed by atoms with Crippen molar-refractivity contribution in [1.82, 2.24) is 0 Å². The molecule has 1 aromatic rings. The van der Waals surface area contributed by atoms with E-state index in [1.165, 1.54) is 6.07 Å². The van der Waals surface area contributed by atoms with Crippen molar-refractivity contribution in [3.8, 4) is 5.75 Å². The Morgan fingerprint density at radius 2 is 2.20 bits per heavy atom. The van der Waals surface area contributed by atoms with E-state index in [0.29, 0.717) is 5.56 Å². The van der Waals surface area contributed by atoms with Gasteiger partial charge in [0.25, 0.3) is 0 Å². The zero-order chi connectivity index (χ0) is 11.4. The van der Waals surface area contributed by atoms with Crippen LogP contribution in [0, 0.1) is 10.1 Å². The second kappa shape index (κ2) is 4.79. The van der Waals surface area contributed by atoms with Crippen molar-refractivity contribution >= 4 is 13.9 Å². The number of nitro benzene ring substituents is 1. The summed E-state index contributed by atoms with van der Waals surface area (Å²) in [7, 11) is -2.72. The van der Waals surface area contributed by atoms with Crippen LogP contribution in [0.15, 0.2) is 18.2 Å². The molecule has 7 nitrogen and oxygen atoms in total. The first-order valence-electron chi connectivity index (χ1n) is 3.76. The van der Waals surface area contributed by atoms with Crippen LogP contribution in [0.25, 0.3) is 0 Å². The number of nitro groups is 1. The van der Waals surface area contributed by atoms with E-state index in [2.05, 4.69) is 4.52 Å². The lowest BCUT2D eigenvalue weighted by Crippen LogP contribution is -1.91. The molecule has 80 valence electrons. The van der Waals surface area contributed by atoms with Crippen molar-refractivity contribution in [2.24, 2.45) is 0 Å². The summed E-state index contributed by atoms with van der Waals surface area (Å²) in [6, 6.07) is 3.53. The van der Waals surface area contributed by atoms with Gasteiger partial charge in [-0.3, -0.25) is 10.1 Å². The van der Waals surface area contributed by atoms with Gasteiger partial charge in [0.15, 0.2) is 5.75 Å². The Morgan fingerprint density at radius 1 is 1.53 bits per heavy atom. The third-order valence-electron chi connectivity index (χ3n) is 1.58. The molecule has 1 rings (SSSR count). The van der Waals surface area contributed by atoms with Gasteiger partial charge < -0.3 is 5.11 Å². The molecule has 1 atom stereocenters. The largest absolute Gasteiger partial charge is 0.695 e. The maximum absolute atomic E-state index is 10.3. The van der Waals surface area contributed by atoms with Crippen molar-refractivity contribution in [2.45, 2.75) is 6.61 Å². The molecule has 0 spiro atoms. The fraction of sp³-hybridized carbons (Fsp3) is 0.143. The molecule has 8 heteroatoms. The van der Waals surface area contributed by atoms with Crippen molar-refractivity contribution in [2.75, 3.05) is 0 Å². The van der Waals surface area contributed by atoms with Crippen molar-refractivity contribution < 1.29 is 24.0 Å². The molecule has 15 heavy (non-hydrogen) atoms. The maximum atomic E-state index is 10.3. The molecule has 2 N–H and O–H groups in total. The van der Waals surface area contributed by atoms with E-state index in [1.54, 1.807) is 0 Å². The first-order chi connectivity index (χ1) is 7.00. The Labute approximate surface area is 85.0 Å². The molecule has 0 aliphatic heterocycles. The van der Waals surface area contributed by atoms with E-state index in [9.17, 15) is 19.8 Å². The number of phenols is 1. The van der Waals surface area contributed by atoms with Gasteiger partial charge in [-0.1, -0.05) is 0 Å². The van der Waals surface area contributed by atoms with Crippen molar-refractivity contribution in [3.63, 3.8) is 0 Å². The molecule has 0 aromatic heterocycles.